The molecule has 0 aliphatic carbocycles. The van der Waals surface area contributed by atoms with Crippen LogP contribution in [0.3, 0.4) is 0 Å². The maximum atomic E-state index is 13.4. The summed E-state index contributed by atoms with van der Waals surface area (Å²) < 4.78 is 26.1. The molecule has 0 spiro atoms. The normalized spacial score (nSPS) is 12.3. The molecule has 0 saturated carbocycles. The molecule has 0 aliphatic rings. The van der Waals surface area contributed by atoms with Crippen molar-refractivity contribution in [1.82, 2.24) is 10.2 Å². The van der Waals surface area contributed by atoms with Crippen LogP contribution in [0.1, 0.15) is 51.2 Å². The lowest BCUT2D eigenvalue weighted by molar-refractivity contribution is -0.141. The first-order valence-corrected chi connectivity index (χ1v) is 14.0. The largest absolute Gasteiger partial charge is 0.352 e. The summed E-state index contributed by atoms with van der Waals surface area (Å²) in [5, 5.41) is 3.35. The minimum Gasteiger partial charge on any atom is -0.352 e. The van der Waals surface area contributed by atoms with Gasteiger partial charge in [-0.05, 0) is 62.9 Å². The summed E-state index contributed by atoms with van der Waals surface area (Å²) in [6, 6.07) is 13.7. The molecule has 2 amide bonds. The van der Waals surface area contributed by atoms with Gasteiger partial charge in [0.1, 0.15) is 6.04 Å². The van der Waals surface area contributed by atoms with Crippen molar-refractivity contribution < 1.29 is 18.0 Å². The molecule has 0 heterocycles. The van der Waals surface area contributed by atoms with Gasteiger partial charge in [-0.15, -0.1) is 0 Å². The van der Waals surface area contributed by atoms with Gasteiger partial charge in [0.05, 0.1) is 11.9 Å². The highest BCUT2D eigenvalue weighted by Gasteiger charge is 2.29. The molecule has 0 unspecified atom stereocenters. The van der Waals surface area contributed by atoms with Crippen LogP contribution in [-0.4, -0.2) is 50.0 Å². The Bertz CT molecular complexity index is 1120. The minimum atomic E-state index is -3.57. The highest BCUT2D eigenvalue weighted by atomic mass is 35.5. The molecule has 1 atom stereocenters. The molecule has 0 aliphatic heterocycles. The van der Waals surface area contributed by atoms with E-state index in [1.807, 2.05) is 52.0 Å². The maximum Gasteiger partial charge on any atom is 0.243 e. The number of anilines is 1. The average Bonchev–Trinajstić information content (AvgIpc) is 2.76. The van der Waals surface area contributed by atoms with Gasteiger partial charge < -0.3 is 10.2 Å². The van der Waals surface area contributed by atoms with Crippen molar-refractivity contribution in [2.24, 2.45) is 0 Å². The van der Waals surface area contributed by atoms with Crippen LogP contribution in [0.25, 0.3) is 0 Å². The van der Waals surface area contributed by atoms with Crippen LogP contribution in [0, 0.1) is 6.92 Å². The topological polar surface area (TPSA) is 86.8 Å². The second-order valence-electron chi connectivity index (χ2n) is 8.95. The number of aryl methyl sites for hydroxylation is 1. The number of hydrogen-bond acceptors (Lipinski definition) is 4. The van der Waals surface area contributed by atoms with Gasteiger partial charge in [-0.1, -0.05) is 48.9 Å². The predicted molar refractivity (Wildman–Crippen MR) is 142 cm³/mol. The van der Waals surface area contributed by atoms with Gasteiger partial charge in [-0.3, -0.25) is 13.9 Å². The fraction of sp³-hybridized carbons (Fsp3) is 0.462. The average molecular weight is 522 g/mol. The molecule has 9 heteroatoms. The van der Waals surface area contributed by atoms with Crippen LogP contribution < -0.4 is 9.62 Å². The lowest BCUT2D eigenvalue weighted by Crippen LogP contribution is -2.50. The Hall–Kier alpha value is -2.58. The molecule has 1 N–H and O–H groups in total. The highest BCUT2D eigenvalue weighted by molar-refractivity contribution is 7.92. The van der Waals surface area contributed by atoms with E-state index in [-0.39, 0.29) is 30.8 Å². The number of sulfonamides is 1. The molecule has 2 aromatic rings. The molecule has 0 radical (unpaired) electrons. The second kappa shape index (κ2) is 12.9. The molecule has 0 fully saturated rings. The third-order valence-electron chi connectivity index (χ3n) is 5.67. The zero-order chi connectivity index (χ0) is 26.2. The van der Waals surface area contributed by atoms with Gasteiger partial charge in [-0.25, -0.2) is 8.42 Å². The quantitative estimate of drug-likeness (QED) is 0.444. The zero-order valence-corrected chi connectivity index (χ0v) is 22.7. The van der Waals surface area contributed by atoms with Gasteiger partial charge in [0.25, 0.3) is 0 Å². The van der Waals surface area contributed by atoms with Crippen molar-refractivity contribution in [3.05, 3.63) is 64.7 Å². The molecule has 7 nitrogen and oxygen atoms in total. The lowest BCUT2D eigenvalue weighted by Gasteiger charge is -2.32. The molecule has 2 rings (SSSR count). The third-order valence-corrected chi connectivity index (χ3v) is 7.10. The SMILES string of the molecule is CC[C@H](C(=O)NC(C)C)N(Cc1ccccc1C)C(=O)CCCN(c1cccc(Cl)c1)S(C)(=O)=O. The molecular formula is C26H36ClN3O4S. The van der Waals surface area contributed by atoms with Gasteiger partial charge in [0.2, 0.25) is 21.8 Å². The van der Waals surface area contributed by atoms with Gasteiger partial charge in [0, 0.05) is 30.6 Å². The van der Waals surface area contributed by atoms with Crippen molar-refractivity contribution in [1.29, 1.82) is 0 Å². The van der Waals surface area contributed by atoms with Crippen molar-refractivity contribution in [3.8, 4) is 0 Å². The predicted octanol–water partition coefficient (Wildman–Crippen LogP) is 4.53. The monoisotopic (exact) mass is 521 g/mol. The van der Waals surface area contributed by atoms with E-state index < -0.39 is 16.1 Å². The first-order valence-electron chi connectivity index (χ1n) is 11.8. The van der Waals surface area contributed by atoms with Gasteiger partial charge >= 0.3 is 0 Å². The van der Waals surface area contributed by atoms with Crippen LogP contribution in [0.4, 0.5) is 5.69 Å². The van der Waals surface area contributed by atoms with E-state index in [9.17, 15) is 18.0 Å². The van der Waals surface area contributed by atoms with Crippen molar-refractivity contribution in [2.75, 3.05) is 17.1 Å². The van der Waals surface area contributed by atoms with E-state index in [2.05, 4.69) is 5.32 Å². The Labute approximate surface area is 214 Å². The molecule has 0 aromatic heterocycles. The van der Waals surface area contributed by atoms with E-state index in [1.165, 1.54) is 4.31 Å². The highest BCUT2D eigenvalue weighted by Crippen LogP contribution is 2.23. The molecule has 0 bridgehead atoms. The molecule has 2 aromatic carbocycles. The van der Waals surface area contributed by atoms with Crippen molar-refractivity contribution in [2.45, 2.75) is 65.6 Å². The van der Waals surface area contributed by atoms with Crippen molar-refractivity contribution in [3.63, 3.8) is 0 Å². The summed E-state index contributed by atoms with van der Waals surface area (Å²) in [7, 11) is -3.57. The van der Waals surface area contributed by atoms with E-state index in [4.69, 9.17) is 11.6 Å². The summed E-state index contributed by atoms with van der Waals surface area (Å²) in [6.45, 7) is 8.05. The van der Waals surface area contributed by atoms with E-state index in [0.29, 0.717) is 30.1 Å². The van der Waals surface area contributed by atoms with Crippen LogP contribution in [0.5, 0.6) is 0 Å². The standard InChI is InChI=1S/C26H36ClN3O4S/c1-6-24(26(32)28-19(2)3)29(18-21-12-8-7-11-20(21)4)25(31)15-10-16-30(35(5,33)34)23-14-9-13-22(27)17-23/h7-9,11-14,17,19,24H,6,10,15-16,18H2,1-5H3,(H,28,32)/t24-/m1/s1. The number of carbonyl (C=O) groups is 2. The lowest BCUT2D eigenvalue weighted by atomic mass is 10.0. The number of halogens is 1. The van der Waals surface area contributed by atoms with Crippen LogP contribution in [0.2, 0.25) is 5.02 Å². The van der Waals surface area contributed by atoms with E-state index in [0.717, 1.165) is 17.4 Å². The fourth-order valence-electron chi connectivity index (χ4n) is 3.91. The molecule has 0 saturated heterocycles. The second-order valence-corrected chi connectivity index (χ2v) is 11.3. The summed E-state index contributed by atoms with van der Waals surface area (Å²) in [6.07, 6.45) is 1.99. The Kier molecular flexibility index (Phi) is 10.6. The number of nitrogens with zero attached hydrogens (tertiary/aromatic N) is 2. The number of amides is 2. The zero-order valence-electron chi connectivity index (χ0n) is 21.1. The van der Waals surface area contributed by atoms with Gasteiger partial charge in [-0.2, -0.15) is 0 Å². The number of nitrogens with one attached hydrogen (secondary N) is 1. The minimum absolute atomic E-state index is 0.0482. The summed E-state index contributed by atoms with van der Waals surface area (Å²) >= 11 is 6.05. The number of benzene rings is 2. The first kappa shape index (κ1) is 28.7. The molecule has 192 valence electrons. The van der Waals surface area contributed by atoms with E-state index >= 15 is 0 Å². The van der Waals surface area contributed by atoms with Crippen LogP contribution in [0.15, 0.2) is 48.5 Å². The molecular weight excluding hydrogens is 486 g/mol. The Balaban J connectivity index is 2.23. The first-order chi connectivity index (χ1) is 16.4. The Morgan fingerprint density at radius 2 is 1.77 bits per heavy atom. The van der Waals surface area contributed by atoms with Crippen LogP contribution >= 0.6 is 11.6 Å². The summed E-state index contributed by atoms with van der Waals surface area (Å²) in [4.78, 5) is 28.0. The van der Waals surface area contributed by atoms with Gasteiger partial charge in [0.15, 0.2) is 0 Å². The van der Waals surface area contributed by atoms with Crippen molar-refractivity contribution >= 4 is 39.1 Å². The smallest absolute Gasteiger partial charge is 0.243 e. The summed E-state index contributed by atoms with van der Waals surface area (Å²) in [5.74, 6) is -0.389. The Morgan fingerprint density at radius 3 is 2.34 bits per heavy atom. The van der Waals surface area contributed by atoms with Crippen LogP contribution in [-0.2, 0) is 26.2 Å². The maximum absolute atomic E-state index is 13.4. The Morgan fingerprint density at radius 1 is 1.09 bits per heavy atom. The fourth-order valence-corrected chi connectivity index (χ4v) is 5.05. The molecule has 35 heavy (non-hydrogen) atoms. The third kappa shape index (κ3) is 8.54. The summed E-state index contributed by atoms with van der Waals surface area (Å²) in [5.41, 5.74) is 2.45. The van der Waals surface area contributed by atoms with E-state index in [1.54, 1.807) is 29.2 Å². The number of carbonyl (C=O) groups excluding carboxylic acids is 2. The number of rotatable bonds is 12. The number of hydrogen-bond donors (Lipinski definition) is 1.